The summed E-state index contributed by atoms with van der Waals surface area (Å²) < 4.78 is 1.61. The lowest BCUT2D eigenvalue weighted by molar-refractivity contribution is -0.118. The largest absolute Gasteiger partial charge is 0.394 e. The predicted molar refractivity (Wildman–Crippen MR) is 134 cm³/mol. The smallest absolute Gasteiger partial charge is 0.275 e. The molecule has 7 nitrogen and oxygen atoms in total. The molecule has 1 aliphatic heterocycles. The molecule has 6 rings (SSSR count). The van der Waals surface area contributed by atoms with Gasteiger partial charge in [0.15, 0.2) is 0 Å². The average Bonchev–Trinajstić information content (AvgIpc) is 3.60. The number of carbonyl (C=O) groups excluding carboxylic acids is 1. The Balaban J connectivity index is 1.43. The molecule has 0 radical (unpaired) electrons. The van der Waals surface area contributed by atoms with E-state index in [1.807, 2.05) is 18.2 Å². The van der Waals surface area contributed by atoms with Gasteiger partial charge in [0.25, 0.3) is 5.56 Å². The highest BCUT2D eigenvalue weighted by molar-refractivity contribution is 7.99. The quantitative estimate of drug-likeness (QED) is 0.456. The molecule has 0 bridgehead atoms. The lowest BCUT2D eigenvalue weighted by Gasteiger charge is -2.20. The van der Waals surface area contributed by atoms with Crippen LogP contribution in [0.1, 0.15) is 41.5 Å². The van der Waals surface area contributed by atoms with Crippen molar-refractivity contribution in [2.24, 2.45) is 0 Å². The fraction of sp³-hybridized carbons (Fsp3) is 0.231. The number of fused-ring (bicyclic) bond motifs is 2. The molecular formula is C26H23N5O2S. The van der Waals surface area contributed by atoms with E-state index in [9.17, 15) is 9.59 Å². The van der Waals surface area contributed by atoms with E-state index in [0.29, 0.717) is 23.9 Å². The van der Waals surface area contributed by atoms with Crippen molar-refractivity contribution >= 4 is 39.9 Å². The Labute approximate surface area is 200 Å². The molecule has 1 aliphatic carbocycles. The molecule has 34 heavy (non-hydrogen) atoms. The highest BCUT2D eigenvalue weighted by Crippen LogP contribution is 2.49. The number of amides is 1. The second-order valence-electron chi connectivity index (χ2n) is 8.79. The predicted octanol–water partition coefficient (Wildman–Crippen LogP) is 4.13. The van der Waals surface area contributed by atoms with Crippen molar-refractivity contribution in [1.29, 1.82) is 0 Å². The molecule has 2 aromatic heterocycles. The number of benzene rings is 2. The zero-order chi connectivity index (χ0) is 23.2. The highest BCUT2D eigenvalue weighted by Gasteiger charge is 2.39. The van der Waals surface area contributed by atoms with Crippen molar-refractivity contribution in [3.63, 3.8) is 0 Å². The molecule has 1 fully saturated rings. The molecule has 3 heterocycles. The molecule has 170 valence electrons. The topological polar surface area (TPSA) is 103 Å². The second kappa shape index (κ2) is 8.29. The number of pyridine rings is 1. The number of carbonyl (C=O) groups is 1. The van der Waals surface area contributed by atoms with Gasteiger partial charge in [-0.15, -0.1) is 11.8 Å². The first-order valence-corrected chi connectivity index (χ1v) is 12.3. The zero-order valence-corrected chi connectivity index (χ0v) is 19.2. The second-order valence-corrected chi connectivity index (χ2v) is 9.79. The van der Waals surface area contributed by atoms with E-state index < -0.39 is 6.04 Å². The standard InChI is InChI=1S/C26H23N5O2S/c27-23-19(12-17-6-3-5-15-4-1-2-7-18(15)17)22(16-8-9-16)26-31(25(23)33)20(13-34-26)24(32)30-21-10-11-28-14-29-21/h1-7,10-11,14,16,20H,8-9,12-13,27H2,(H,28,29,30,32). The molecule has 0 spiro atoms. The van der Waals surface area contributed by atoms with Crippen LogP contribution in [0.3, 0.4) is 0 Å². The van der Waals surface area contributed by atoms with Crippen LogP contribution in [0.15, 0.2) is 70.9 Å². The highest BCUT2D eigenvalue weighted by atomic mass is 32.2. The van der Waals surface area contributed by atoms with Gasteiger partial charge in [0.1, 0.15) is 23.9 Å². The molecule has 0 saturated heterocycles. The number of nitrogen functional groups attached to an aromatic ring is 1. The van der Waals surface area contributed by atoms with Gasteiger partial charge in [-0.3, -0.25) is 14.2 Å². The van der Waals surface area contributed by atoms with Gasteiger partial charge in [-0.1, -0.05) is 42.5 Å². The van der Waals surface area contributed by atoms with Crippen LogP contribution in [-0.4, -0.2) is 26.2 Å². The maximum Gasteiger partial charge on any atom is 0.275 e. The summed E-state index contributed by atoms with van der Waals surface area (Å²) in [4.78, 5) is 34.5. The van der Waals surface area contributed by atoms with Gasteiger partial charge in [0.05, 0.1) is 5.03 Å². The van der Waals surface area contributed by atoms with Crippen molar-refractivity contribution in [3.8, 4) is 0 Å². The van der Waals surface area contributed by atoms with Crippen LogP contribution in [0.2, 0.25) is 0 Å². The Morgan fingerprint density at radius 2 is 1.97 bits per heavy atom. The van der Waals surface area contributed by atoms with Gasteiger partial charge in [0.2, 0.25) is 5.91 Å². The summed E-state index contributed by atoms with van der Waals surface area (Å²) in [5.41, 5.74) is 9.71. The summed E-state index contributed by atoms with van der Waals surface area (Å²) in [5.74, 6) is 1.01. The van der Waals surface area contributed by atoms with Gasteiger partial charge < -0.3 is 11.1 Å². The molecule has 1 atom stereocenters. The lowest BCUT2D eigenvalue weighted by Crippen LogP contribution is -2.35. The van der Waals surface area contributed by atoms with Gasteiger partial charge in [-0.25, -0.2) is 9.97 Å². The van der Waals surface area contributed by atoms with E-state index in [2.05, 4.69) is 39.6 Å². The van der Waals surface area contributed by atoms with Crippen molar-refractivity contribution in [1.82, 2.24) is 14.5 Å². The Morgan fingerprint density at radius 1 is 1.15 bits per heavy atom. The molecule has 2 aromatic carbocycles. The van der Waals surface area contributed by atoms with E-state index in [-0.39, 0.29) is 17.2 Å². The van der Waals surface area contributed by atoms with E-state index in [1.54, 1.807) is 28.6 Å². The van der Waals surface area contributed by atoms with Crippen molar-refractivity contribution in [2.45, 2.75) is 36.2 Å². The molecular weight excluding hydrogens is 446 g/mol. The number of nitrogens with two attached hydrogens (primary N) is 1. The minimum Gasteiger partial charge on any atom is -0.394 e. The fourth-order valence-electron chi connectivity index (χ4n) is 4.81. The van der Waals surface area contributed by atoms with E-state index >= 15 is 0 Å². The lowest BCUT2D eigenvalue weighted by atomic mass is 9.93. The SMILES string of the molecule is Nc1c(Cc2cccc3ccccc23)c(C2CC2)c2n(c1=O)C(C(=O)Nc1ccncn1)CS2. The first-order valence-electron chi connectivity index (χ1n) is 11.3. The number of rotatable bonds is 5. The molecule has 3 N–H and O–H groups in total. The third-order valence-corrected chi connectivity index (χ3v) is 7.78. The number of thioether (sulfide) groups is 1. The molecule has 1 amide bonds. The summed E-state index contributed by atoms with van der Waals surface area (Å²) in [6.07, 6.45) is 5.69. The van der Waals surface area contributed by atoms with Gasteiger partial charge in [-0.05, 0) is 52.3 Å². The number of anilines is 2. The molecule has 2 aliphatic rings. The minimum atomic E-state index is -0.631. The third kappa shape index (κ3) is 3.54. The average molecular weight is 470 g/mol. The van der Waals surface area contributed by atoms with E-state index in [1.165, 1.54) is 17.1 Å². The Kier molecular flexibility index (Phi) is 5.10. The first-order chi connectivity index (χ1) is 16.6. The van der Waals surface area contributed by atoms with Crippen LogP contribution in [0.5, 0.6) is 0 Å². The van der Waals surface area contributed by atoms with Gasteiger partial charge in [0, 0.05) is 18.4 Å². The molecule has 1 saturated carbocycles. The third-order valence-electron chi connectivity index (χ3n) is 6.61. The Bertz CT molecular complexity index is 1480. The number of nitrogens with zero attached hydrogens (tertiary/aromatic N) is 3. The minimum absolute atomic E-state index is 0.251. The maximum atomic E-state index is 13.5. The van der Waals surface area contributed by atoms with Crippen molar-refractivity contribution in [3.05, 3.63) is 88.1 Å². The monoisotopic (exact) mass is 469 g/mol. The number of nitrogens with one attached hydrogen (secondary N) is 1. The summed E-state index contributed by atoms with van der Waals surface area (Å²) in [6.45, 7) is 0. The van der Waals surface area contributed by atoms with Crippen LogP contribution in [-0.2, 0) is 11.2 Å². The summed E-state index contributed by atoms with van der Waals surface area (Å²) in [6, 6.07) is 15.5. The van der Waals surface area contributed by atoms with Crippen molar-refractivity contribution in [2.75, 3.05) is 16.8 Å². The Morgan fingerprint density at radius 3 is 2.76 bits per heavy atom. The van der Waals surface area contributed by atoms with Crippen molar-refractivity contribution < 1.29 is 4.79 Å². The number of hydrogen-bond acceptors (Lipinski definition) is 6. The Hall–Kier alpha value is -3.65. The van der Waals surface area contributed by atoms with Crippen LogP contribution < -0.4 is 16.6 Å². The number of hydrogen-bond donors (Lipinski definition) is 2. The molecule has 4 aromatic rings. The van der Waals surface area contributed by atoms with E-state index in [4.69, 9.17) is 5.73 Å². The zero-order valence-electron chi connectivity index (χ0n) is 18.4. The van der Waals surface area contributed by atoms with Crippen LogP contribution in [0.4, 0.5) is 11.5 Å². The summed E-state index contributed by atoms with van der Waals surface area (Å²) in [7, 11) is 0. The number of aromatic nitrogens is 3. The fourth-order valence-corrected chi connectivity index (χ4v) is 6.22. The maximum absolute atomic E-state index is 13.5. The summed E-state index contributed by atoms with van der Waals surface area (Å²) in [5, 5.41) is 6.03. The van der Waals surface area contributed by atoms with E-state index in [0.717, 1.165) is 34.6 Å². The first kappa shape index (κ1) is 20.9. The summed E-state index contributed by atoms with van der Waals surface area (Å²) >= 11 is 1.57. The molecule has 8 heteroatoms. The van der Waals surface area contributed by atoms with Crippen LogP contribution >= 0.6 is 11.8 Å². The van der Waals surface area contributed by atoms with Gasteiger partial charge in [-0.2, -0.15) is 0 Å². The normalized spacial score (nSPS) is 17.0. The van der Waals surface area contributed by atoms with Gasteiger partial charge >= 0.3 is 0 Å². The van der Waals surface area contributed by atoms with Crippen LogP contribution in [0, 0.1) is 0 Å². The molecule has 1 unspecified atom stereocenters. The van der Waals surface area contributed by atoms with Crippen LogP contribution in [0.25, 0.3) is 10.8 Å².